The molecule has 0 saturated heterocycles. The molecule has 1 unspecified atom stereocenters. The van der Waals surface area contributed by atoms with Gasteiger partial charge in [0.2, 0.25) is 0 Å². The molecule has 0 aliphatic heterocycles. The number of carbonyl (C=O) groups excluding carboxylic acids is 3. The molecule has 0 spiro atoms. The molecular formula is C30H25F7O5. The van der Waals surface area contributed by atoms with Crippen LogP contribution in [0.5, 0.6) is 0 Å². The number of benzene rings is 3. The second-order valence-electron chi connectivity index (χ2n) is 9.37. The van der Waals surface area contributed by atoms with E-state index in [2.05, 4.69) is 0 Å². The monoisotopic (exact) mass is 598 g/mol. The average molecular weight is 599 g/mol. The Hall–Kier alpha value is -4.06. The van der Waals surface area contributed by atoms with Crippen molar-refractivity contribution < 1.29 is 54.6 Å². The fourth-order valence-electron chi connectivity index (χ4n) is 4.29. The molecule has 0 radical (unpaired) electrons. The number of rotatable bonds is 12. The number of ketones is 2. The van der Waals surface area contributed by atoms with E-state index < -0.39 is 64.8 Å². The number of hydrogen-bond acceptors (Lipinski definition) is 5. The van der Waals surface area contributed by atoms with Crippen molar-refractivity contribution >= 4 is 17.5 Å². The van der Waals surface area contributed by atoms with Crippen molar-refractivity contribution in [3.8, 4) is 0 Å². The van der Waals surface area contributed by atoms with Crippen LogP contribution in [-0.4, -0.2) is 24.1 Å². The maximum Gasteiger partial charge on any atom is 0.422 e. The first-order chi connectivity index (χ1) is 19.7. The smallest absolute Gasteiger partial charge is 0.422 e. The fourth-order valence-corrected chi connectivity index (χ4v) is 4.29. The van der Waals surface area contributed by atoms with Crippen molar-refractivity contribution in [2.24, 2.45) is 0 Å². The Morgan fingerprint density at radius 2 is 1.36 bits per heavy atom. The van der Waals surface area contributed by atoms with Gasteiger partial charge in [-0.2, -0.15) is 13.2 Å². The van der Waals surface area contributed by atoms with Gasteiger partial charge in [0.15, 0.2) is 29.1 Å². The van der Waals surface area contributed by atoms with E-state index >= 15 is 0 Å². The summed E-state index contributed by atoms with van der Waals surface area (Å²) in [4.78, 5) is 37.4. The quantitative estimate of drug-likeness (QED) is 0.134. The SMILES string of the molecule is CCOC(=O)Cc1cc(CC(C)=O)cc(C(OCc2ccccc2)C(=O)Cc2c(F)c(F)c(C(F)(F)F)c(F)c2F)c1. The van der Waals surface area contributed by atoms with Gasteiger partial charge in [-0.15, -0.1) is 0 Å². The van der Waals surface area contributed by atoms with Crippen molar-refractivity contribution in [3.05, 3.63) is 105 Å². The molecule has 0 aliphatic rings. The van der Waals surface area contributed by atoms with Gasteiger partial charge in [-0.05, 0) is 36.1 Å². The second kappa shape index (κ2) is 13.7. The first-order valence-electron chi connectivity index (χ1n) is 12.6. The molecule has 0 heterocycles. The minimum Gasteiger partial charge on any atom is -0.466 e. The van der Waals surface area contributed by atoms with E-state index in [1.54, 1.807) is 37.3 Å². The topological polar surface area (TPSA) is 69.7 Å². The number of ether oxygens (including phenoxy) is 2. The standard InChI is InChI=1S/C30H25F7O5/c1-3-41-23(40)13-19-10-18(9-16(2)38)11-20(12-19)29(42-15-17-7-5-4-6-8-17)22(39)14-21-25(31)27(33)24(30(35,36)37)28(34)26(21)32/h4-8,10-12,29H,3,9,13-15H2,1-2H3. The number of hydrogen-bond donors (Lipinski definition) is 0. The molecule has 42 heavy (non-hydrogen) atoms. The molecule has 3 aromatic rings. The maximum absolute atomic E-state index is 14.6. The van der Waals surface area contributed by atoms with Gasteiger partial charge < -0.3 is 9.47 Å². The average Bonchev–Trinajstić information content (AvgIpc) is 2.89. The molecule has 0 bridgehead atoms. The van der Waals surface area contributed by atoms with E-state index in [9.17, 15) is 45.1 Å². The predicted molar refractivity (Wildman–Crippen MR) is 135 cm³/mol. The largest absolute Gasteiger partial charge is 0.466 e. The summed E-state index contributed by atoms with van der Waals surface area (Å²) in [6.45, 7) is 2.73. The third-order valence-corrected chi connectivity index (χ3v) is 6.03. The predicted octanol–water partition coefficient (Wildman–Crippen LogP) is 6.57. The van der Waals surface area contributed by atoms with Crippen LogP contribution in [0.1, 0.15) is 53.3 Å². The first-order valence-corrected chi connectivity index (χ1v) is 12.6. The van der Waals surface area contributed by atoms with Crippen LogP contribution in [0, 0.1) is 23.3 Å². The summed E-state index contributed by atoms with van der Waals surface area (Å²) in [7, 11) is 0. The lowest BCUT2D eigenvalue weighted by atomic mass is 9.93. The zero-order valence-corrected chi connectivity index (χ0v) is 22.4. The Bertz CT molecular complexity index is 1440. The van der Waals surface area contributed by atoms with Crippen LogP contribution in [-0.2, 0) is 55.9 Å². The number of alkyl halides is 3. The Morgan fingerprint density at radius 3 is 1.88 bits per heavy atom. The van der Waals surface area contributed by atoms with Gasteiger partial charge in [-0.25, -0.2) is 17.6 Å². The second-order valence-corrected chi connectivity index (χ2v) is 9.37. The van der Waals surface area contributed by atoms with Crippen LogP contribution in [0.15, 0.2) is 48.5 Å². The molecule has 3 aromatic carbocycles. The van der Waals surface area contributed by atoms with E-state index in [1.165, 1.54) is 25.1 Å². The molecular weight excluding hydrogens is 573 g/mol. The normalized spacial score (nSPS) is 12.2. The van der Waals surface area contributed by atoms with Gasteiger partial charge >= 0.3 is 12.1 Å². The molecule has 0 aliphatic carbocycles. The molecule has 12 heteroatoms. The van der Waals surface area contributed by atoms with E-state index in [0.717, 1.165) is 0 Å². The summed E-state index contributed by atoms with van der Waals surface area (Å²) in [5.74, 6) is -12.2. The number of Topliss-reactive ketones (excluding diaryl/α,β-unsaturated/α-hetero) is 2. The molecule has 224 valence electrons. The van der Waals surface area contributed by atoms with E-state index in [0.29, 0.717) is 16.7 Å². The zero-order valence-electron chi connectivity index (χ0n) is 22.4. The highest BCUT2D eigenvalue weighted by molar-refractivity contribution is 5.87. The van der Waals surface area contributed by atoms with E-state index in [4.69, 9.17) is 9.47 Å². The highest BCUT2D eigenvalue weighted by atomic mass is 19.4. The molecule has 0 aromatic heterocycles. The van der Waals surface area contributed by atoms with Crippen LogP contribution in [0.4, 0.5) is 30.7 Å². The minimum atomic E-state index is -5.74. The van der Waals surface area contributed by atoms with Crippen molar-refractivity contribution in [2.75, 3.05) is 6.61 Å². The van der Waals surface area contributed by atoms with Crippen LogP contribution in [0.2, 0.25) is 0 Å². The highest BCUT2D eigenvalue weighted by Gasteiger charge is 2.42. The third-order valence-electron chi connectivity index (χ3n) is 6.03. The van der Waals surface area contributed by atoms with Gasteiger partial charge in [-0.3, -0.25) is 14.4 Å². The van der Waals surface area contributed by atoms with Gasteiger partial charge in [0.1, 0.15) is 17.5 Å². The van der Waals surface area contributed by atoms with Gasteiger partial charge in [0, 0.05) is 18.4 Å². The Labute approximate surface area is 236 Å². The molecule has 3 rings (SSSR count). The molecule has 0 amide bonds. The summed E-state index contributed by atoms with van der Waals surface area (Å²) in [5.41, 5.74) is -3.07. The van der Waals surface area contributed by atoms with Crippen LogP contribution in [0.3, 0.4) is 0 Å². The minimum absolute atomic E-state index is 0.0302. The molecule has 0 saturated carbocycles. The van der Waals surface area contributed by atoms with Crippen molar-refractivity contribution in [3.63, 3.8) is 0 Å². The van der Waals surface area contributed by atoms with E-state index in [1.807, 2.05) is 0 Å². The lowest BCUT2D eigenvalue weighted by molar-refractivity contribution is -0.143. The summed E-state index contributed by atoms with van der Waals surface area (Å²) >= 11 is 0. The number of carbonyl (C=O) groups is 3. The van der Waals surface area contributed by atoms with Gasteiger partial charge in [-0.1, -0.05) is 48.5 Å². The molecule has 1 atom stereocenters. The lowest BCUT2D eigenvalue weighted by Crippen LogP contribution is -2.23. The van der Waals surface area contributed by atoms with E-state index in [-0.39, 0.29) is 37.4 Å². The van der Waals surface area contributed by atoms with Crippen LogP contribution < -0.4 is 0 Å². The summed E-state index contributed by atoms with van der Waals surface area (Å²) in [6, 6.07) is 12.6. The maximum atomic E-state index is 14.6. The van der Waals surface area contributed by atoms with Crippen LogP contribution in [0.25, 0.3) is 0 Å². The summed E-state index contributed by atoms with van der Waals surface area (Å²) in [5, 5.41) is 0. The van der Waals surface area contributed by atoms with Crippen molar-refractivity contribution in [1.29, 1.82) is 0 Å². The summed E-state index contributed by atoms with van der Waals surface area (Å²) < 4.78 is 108. The molecule has 0 fully saturated rings. The van der Waals surface area contributed by atoms with Gasteiger partial charge in [0.25, 0.3) is 0 Å². The fraction of sp³-hybridized carbons (Fsp3) is 0.300. The molecule has 0 N–H and O–H groups in total. The Kier molecular flexibility index (Phi) is 10.6. The first kappa shape index (κ1) is 32.5. The molecule has 5 nitrogen and oxygen atoms in total. The number of esters is 1. The lowest BCUT2D eigenvalue weighted by Gasteiger charge is -2.20. The Morgan fingerprint density at radius 1 is 0.786 bits per heavy atom. The van der Waals surface area contributed by atoms with Gasteiger partial charge in [0.05, 0.1) is 19.6 Å². The number of halogens is 7. The van der Waals surface area contributed by atoms with Crippen molar-refractivity contribution in [1.82, 2.24) is 0 Å². The summed E-state index contributed by atoms with van der Waals surface area (Å²) in [6.07, 6.45) is -9.20. The van der Waals surface area contributed by atoms with Crippen molar-refractivity contribution in [2.45, 2.75) is 52.0 Å². The highest BCUT2D eigenvalue weighted by Crippen LogP contribution is 2.37. The van der Waals surface area contributed by atoms with Crippen LogP contribution >= 0.6 is 0 Å². The Balaban J connectivity index is 2.09. The zero-order chi connectivity index (χ0) is 31.2. The third kappa shape index (κ3) is 8.03.